The molecule has 1 saturated heterocycles. The summed E-state index contributed by atoms with van der Waals surface area (Å²) < 4.78 is 5.86. The summed E-state index contributed by atoms with van der Waals surface area (Å²) in [6, 6.07) is 2.09. The Morgan fingerprint density at radius 3 is 3.00 bits per heavy atom. The van der Waals surface area contributed by atoms with Crippen LogP contribution < -0.4 is 5.32 Å². The van der Waals surface area contributed by atoms with Gasteiger partial charge in [-0.2, -0.15) is 5.10 Å². The second kappa shape index (κ2) is 8.62. The molecule has 1 aromatic heterocycles. The maximum atomic E-state index is 12.2. The first kappa shape index (κ1) is 17.4. The molecule has 2 fully saturated rings. The topological polar surface area (TPSA) is 70.2 Å². The Hall–Kier alpha value is -1.40. The van der Waals surface area contributed by atoms with Crippen LogP contribution in [0.1, 0.15) is 49.9 Å². The molecule has 24 heavy (non-hydrogen) atoms. The van der Waals surface area contributed by atoms with Gasteiger partial charge in [0.25, 0.3) is 0 Å². The van der Waals surface area contributed by atoms with Gasteiger partial charge in [0, 0.05) is 37.8 Å². The number of aromatic nitrogens is 2. The number of carbonyl (C=O) groups is 1. The first-order valence-electron chi connectivity index (χ1n) is 9.33. The molecule has 1 aliphatic carbocycles. The number of nitrogens with one attached hydrogen (secondary N) is 2. The van der Waals surface area contributed by atoms with Crippen LogP contribution in [0.3, 0.4) is 0 Å². The van der Waals surface area contributed by atoms with Gasteiger partial charge in [-0.1, -0.05) is 19.3 Å². The predicted octanol–water partition coefficient (Wildman–Crippen LogP) is 2.01. The Labute approximate surface area is 144 Å². The molecule has 1 saturated carbocycles. The van der Waals surface area contributed by atoms with Gasteiger partial charge in [0.15, 0.2) is 0 Å². The summed E-state index contributed by atoms with van der Waals surface area (Å²) in [5.74, 6) is 0.486. The number of H-pyrrole nitrogens is 1. The van der Waals surface area contributed by atoms with Crippen LogP contribution in [-0.2, 0) is 16.1 Å². The molecule has 0 aromatic carbocycles. The minimum atomic E-state index is 0.199. The smallest absolute Gasteiger partial charge is 0.223 e. The van der Waals surface area contributed by atoms with E-state index in [1.54, 1.807) is 0 Å². The zero-order valence-corrected chi connectivity index (χ0v) is 14.7. The van der Waals surface area contributed by atoms with Crippen molar-refractivity contribution in [1.29, 1.82) is 0 Å². The van der Waals surface area contributed by atoms with E-state index in [1.807, 2.05) is 6.92 Å². The summed E-state index contributed by atoms with van der Waals surface area (Å²) >= 11 is 0. The highest BCUT2D eigenvalue weighted by Crippen LogP contribution is 2.23. The molecule has 2 N–H and O–H groups in total. The number of hydrogen-bond acceptors (Lipinski definition) is 4. The van der Waals surface area contributed by atoms with E-state index in [4.69, 9.17) is 4.74 Å². The van der Waals surface area contributed by atoms with Gasteiger partial charge in [0.1, 0.15) is 0 Å². The van der Waals surface area contributed by atoms with Crippen molar-refractivity contribution in [1.82, 2.24) is 20.4 Å². The van der Waals surface area contributed by atoms with Gasteiger partial charge in [0.05, 0.1) is 18.4 Å². The summed E-state index contributed by atoms with van der Waals surface area (Å²) in [6.07, 6.45) is 6.88. The molecule has 0 bridgehead atoms. The van der Waals surface area contributed by atoms with Crippen molar-refractivity contribution < 1.29 is 9.53 Å². The van der Waals surface area contributed by atoms with Gasteiger partial charge in [0.2, 0.25) is 5.91 Å². The van der Waals surface area contributed by atoms with Crippen molar-refractivity contribution >= 4 is 5.91 Å². The van der Waals surface area contributed by atoms with E-state index in [0.29, 0.717) is 0 Å². The van der Waals surface area contributed by atoms with Crippen LogP contribution in [0.15, 0.2) is 6.07 Å². The van der Waals surface area contributed by atoms with E-state index < -0.39 is 0 Å². The second-order valence-corrected chi connectivity index (χ2v) is 7.18. The Morgan fingerprint density at radius 2 is 2.25 bits per heavy atom. The van der Waals surface area contributed by atoms with E-state index in [2.05, 4.69) is 26.5 Å². The number of morpholine rings is 1. The van der Waals surface area contributed by atoms with Crippen molar-refractivity contribution in [3.8, 4) is 0 Å². The maximum absolute atomic E-state index is 12.2. The highest BCUT2D eigenvalue weighted by molar-refractivity contribution is 5.78. The number of aryl methyl sites for hydroxylation is 1. The second-order valence-electron chi connectivity index (χ2n) is 7.18. The molecule has 6 nitrogen and oxygen atoms in total. The zero-order valence-electron chi connectivity index (χ0n) is 14.7. The van der Waals surface area contributed by atoms with Crippen molar-refractivity contribution in [2.75, 3.05) is 26.2 Å². The summed E-state index contributed by atoms with van der Waals surface area (Å²) in [7, 11) is 0. The molecule has 1 atom stereocenters. The molecule has 0 spiro atoms. The predicted molar refractivity (Wildman–Crippen MR) is 92.5 cm³/mol. The molecular weight excluding hydrogens is 304 g/mol. The van der Waals surface area contributed by atoms with Crippen molar-refractivity contribution in [3.05, 3.63) is 17.5 Å². The quantitative estimate of drug-likeness (QED) is 0.835. The Bertz CT molecular complexity index is 525. The Morgan fingerprint density at radius 1 is 1.42 bits per heavy atom. The zero-order chi connectivity index (χ0) is 16.8. The van der Waals surface area contributed by atoms with Crippen molar-refractivity contribution in [2.45, 2.75) is 58.1 Å². The van der Waals surface area contributed by atoms with Crippen LogP contribution in [0, 0.1) is 12.8 Å². The standard InChI is InChI=1S/C18H30N4O2/c1-14-11-16(21-20-14)12-22-9-10-24-17(13-22)7-8-19-18(23)15-5-3-2-4-6-15/h11,15,17H,2-10,12-13H2,1H3,(H,19,23)(H,20,21)/t17-/m0/s1. The lowest BCUT2D eigenvalue weighted by atomic mass is 9.88. The number of aromatic amines is 1. The summed E-state index contributed by atoms with van der Waals surface area (Å²) in [5, 5.41) is 10.4. The lowest BCUT2D eigenvalue weighted by molar-refractivity contribution is -0.126. The third-order valence-electron chi connectivity index (χ3n) is 5.11. The van der Waals surface area contributed by atoms with E-state index >= 15 is 0 Å². The monoisotopic (exact) mass is 334 g/mol. The normalized spacial score (nSPS) is 23.3. The van der Waals surface area contributed by atoms with Crippen molar-refractivity contribution in [2.24, 2.45) is 5.92 Å². The van der Waals surface area contributed by atoms with Gasteiger partial charge in [-0.15, -0.1) is 0 Å². The summed E-state index contributed by atoms with van der Waals surface area (Å²) in [6.45, 7) is 6.20. The number of hydrogen-bond donors (Lipinski definition) is 2. The third-order valence-corrected chi connectivity index (χ3v) is 5.11. The lowest BCUT2D eigenvalue weighted by Gasteiger charge is -2.32. The number of carbonyl (C=O) groups excluding carboxylic acids is 1. The fourth-order valence-corrected chi connectivity index (χ4v) is 3.75. The molecule has 134 valence electrons. The van der Waals surface area contributed by atoms with E-state index in [1.165, 1.54) is 19.3 Å². The SMILES string of the molecule is Cc1cc(CN2CCO[C@@H](CCNC(=O)C3CCCCC3)C2)n[nH]1. The molecule has 0 unspecified atom stereocenters. The molecule has 6 heteroatoms. The summed E-state index contributed by atoms with van der Waals surface area (Å²) in [5.41, 5.74) is 2.18. The van der Waals surface area contributed by atoms with Crippen LogP contribution in [0.25, 0.3) is 0 Å². The first-order valence-corrected chi connectivity index (χ1v) is 9.33. The van der Waals surface area contributed by atoms with E-state index in [-0.39, 0.29) is 17.9 Å². The highest BCUT2D eigenvalue weighted by atomic mass is 16.5. The maximum Gasteiger partial charge on any atom is 0.223 e. The molecule has 3 rings (SSSR count). The van der Waals surface area contributed by atoms with E-state index in [0.717, 1.165) is 63.4 Å². The highest BCUT2D eigenvalue weighted by Gasteiger charge is 2.23. The molecule has 0 radical (unpaired) electrons. The first-order chi connectivity index (χ1) is 11.7. The van der Waals surface area contributed by atoms with Crippen LogP contribution in [0.2, 0.25) is 0 Å². The van der Waals surface area contributed by atoms with Gasteiger partial charge < -0.3 is 10.1 Å². The molecule has 1 aliphatic heterocycles. The molecule has 1 aromatic rings. The fraction of sp³-hybridized carbons (Fsp3) is 0.778. The Kier molecular flexibility index (Phi) is 6.26. The lowest BCUT2D eigenvalue weighted by Crippen LogP contribution is -2.43. The van der Waals surface area contributed by atoms with Crippen LogP contribution in [0.4, 0.5) is 0 Å². The number of rotatable bonds is 6. The minimum absolute atomic E-state index is 0.199. The summed E-state index contributed by atoms with van der Waals surface area (Å²) in [4.78, 5) is 14.6. The molecular formula is C18H30N4O2. The van der Waals surface area contributed by atoms with E-state index in [9.17, 15) is 4.79 Å². The molecule has 1 amide bonds. The minimum Gasteiger partial charge on any atom is -0.375 e. The number of nitrogens with zero attached hydrogens (tertiary/aromatic N) is 2. The van der Waals surface area contributed by atoms with Gasteiger partial charge in [-0.3, -0.25) is 14.8 Å². The number of ether oxygens (including phenoxy) is 1. The van der Waals surface area contributed by atoms with Crippen molar-refractivity contribution in [3.63, 3.8) is 0 Å². The number of amides is 1. The Balaban J connectivity index is 1.36. The van der Waals surface area contributed by atoms with Gasteiger partial charge in [-0.05, 0) is 32.3 Å². The average Bonchev–Trinajstić information content (AvgIpc) is 3.01. The van der Waals surface area contributed by atoms with Crippen LogP contribution in [0.5, 0.6) is 0 Å². The largest absolute Gasteiger partial charge is 0.375 e. The van der Waals surface area contributed by atoms with Crippen LogP contribution in [-0.4, -0.2) is 53.3 Å². The molecule has 2 heterocycles. The third kappa shape index (κ3) is 5.05. The average molecular weight is 334 g/mol. The van der Waals surface area contributed by atoms with Crippen LogP contribution >= 0.6 is 0 Å². The molecule has 2 aliphatic rings. The van der Waals surface area contributed by atoms with Gasteiger partial charge in [-0.25, -0.2) is 0 Å². The fourth-order valence-electron chi connectivity index (χ4n) is 3.75. The van der Waals surface area contributed by atoms with Gasteiger partial charge >= 0.3 is 0 Å².